The van der Waals surface area contributed by atoms with Crippen LogP contribution in [0.3, 0.4) is 0 Å². The maximum Gasteiger partial charge on any atom is 0.118 e. The molecular weight excluding hydrogens is 248 g/mol. The number of methoxy groups -OCH3 is 1. The van der Waals surface area contributed by atoms with E-state index in [-0.39, 0.29) is 0 Å². The smallest absolute Gasteiger partial charge is 0.118 e. The second kappa shape index (κ2) is 7.65. The molecule has 0 aliphatic carbocycles. The zero-order valence-corrected chi connectivity index (χ0v) is 12.8. The summed E-state index contributed by atoms with van der Waals surface area (Å²) < 4.78 is 5.25. The van der Waals surface area contributed by atoms with E-state index in [1.54, 1.807) is 7.11 Å². The van der Waals surface area contributed by atoms with Crippen LogP contribution in [-0.2, 0) is 0 Å². The highest BCUT2D eigenvalue weighted by Gasteiger charge is 2.26. The minimum atomic E-state index is 0.337. The van der Waals surface area contributed by atoms with E-state index in [2.05, 4.69) is 24.0 Å². The quantitative estimate of drug-likeness (QED) is 0.896. The fourth-order valence-electron chi connectivity index (χ4n) is 3.34. The maximum atomic E-state index is 6.10. The first-order chi connectivity index (χ1) is 9.80. The number of likely N-dealkylation sites (tertiary alicyclic amines) is 1. The molecule has 0 aromatic heterocycles. The lowest BCUT2D eigenvalue weighted by molar-refractivity contribution is 0.136. The van der Waals surface area contributed by atoms with Crippen molar-refractivity contribution >= 4 is 0 Å². The number of rotatable bonds is 5. The molecular formula is C17H28N2O. The minimum absolute atomic E-state index is 0.337. The van der Waals surface area contributed by atoms with Crippen molar-refractivity contribution in [3.63, 3.8) is 0 Å². The van der Waals surface area contributed by atoms with E-state index in [1.165, 1.54) is 44.2 Å². The molecule has 1 saturated heterocycles. The Bertz CT molecular complexity index is 390. The Balaban J connectivity index is 2.19. The van der Waals surface area contributed by atoms with Crippen molar-refractivity contribution in [2.45, 2.75) is 51.1 Å². The van der Waals surface area contributed by atoms with Gasteiger partial charge in [-0.2, -0.15) is 0 Å². The molecule has 0 bridgehead atoms. The van der Waals surface area contributed by atoms with Gasteiger partial charge in [-0.3, -0.25) is 4.90 Å². The molecule has 1 heterocycles. The van der Waals surface area contributed by atoms with Crippen molar-refractivity contribution in [2.75, 3.05) is 20.2 Å². The lowest BCUT2D eigenvalue weighted by Crippen LogP contribution is -2.41. The van der Waals surface area contributed by atoms with Gasteiger partial charge in [0.2, 0.25) is 0 Å². The molecule has 0 radical (unpaired) electrons. The van der Waals surface area contributed by atoms with E-state index in [0.29, 0.717) is 18.6 Å². The molecule has 3 heteroatoms. The summed E-state index contributed by atoms with van der Waals surface area (Å²) >= 11 is 0. The molecule has 1 aliphatic rings. The van der Waals surface area contributed by atoms with Crippen molar-refractivity contribution in [3.8, 4) is 5.75 Å². The Kier molecular flexibility index (Phi) is 5.86. The Labute approximate surface area is 123 Å². The summed E-state index contributed by atoms with van der Waals surface area (Å²) in [5.74, 6) is 0.910. The molecule has 1 aromatic rings. The van der Waals surface area contributed by atoms with Crippen molar-refractivity contribution in [1.29, 1.82) is 0 Å². The fourth-order valence-corrected chi connectivity index (χ4v) is 3.34. The number of hydrogen-bond donors (Lipinski definition) is 1. The molecule has 1 fully saturated rings. The van der Waals surface area contributed by atoms with Crippen LogP contribution < -0.4 is 10.5 Å². The van der Waals surface area contributed by atoms with Gasteiger partial charge in [0.25, 0.3) is 0 Å². The average molecular weight is 276 g/mol. The van der Waals surface area contributed by atoms with E-state index in [9.17, 15) is 0 Å². The van der Waals surface area contributed by atoms with Gasteiger partial charge in [-0.15, -0.1) is 0 Å². The van der Waals surface area contributed by atoms with Gasteiger partial charge in [-0.05, 0) is 43.5 Å². The normalized spacial score (nSPS) is 22.2. The molecule has 2 unspecified atom stereocenters. The highest BCUT2D eigenvalue weighted by molar-refractivity contribution is 5.29. The molecule has 112 valence electrons. The summed E-state index contributed by atoms with van der Waals surface area (Å²) in [6.45, 7) is 4.15. The summed E-state index contributed by atoms with van der Waals surface area (Å²) in [5, 5.41) is 0. The number of ether oxygens (including phenoxy) is 1. The SMILES string of the molecule is CCC1CCCCCN1C(CN)c1ccc(OC)cc1. The van der Waals surface area contributed by atoms with Crippen molar-refractivity contribution in [2.24, 2.45) is 5.73 Å². The highest BCUT2D eigenvalue weighted by Crippen LogP contribution is 2.29. The predicted octanol–water partition coefficient (Wildman–Crippen LogP) is 3.35. The fraction of sp³-hybridized carbons (Fsp3) is 0.647. The monoisotopic (exact) mass is 276 g/mol. The second-order valence-corrected chi connectivity index (χ2v) is 5.67. The molecule has 3 nitrogen and oxygen atoms in total. The van der Waals surface area contributed by atoms with Crippen LogP contribution in [0.4, 0.5) is 0 Å². The van der Waals surface area contributed by atoms with Crippen LogP contribution in [0.5, 0.6) is 5.75 Å². The molecule has 20 heavy (non-hydrogen) atoms. The van der Waals surface area contributed by atoms with Crippen LogP contribution in [0, 0.1) is 0 Å². The molecule has 1 aliphatic heterocycles. The lowest BCUT2D eigenvalue weighted by atomic mass is 10.0. The van der Waals surface area contributed by atoms with Gasteiger partial charge >= 0.3 is 0 Å². The molecule has 2 N–H and O–H groups in total. The van der Waals surface area contributed by atoms with Crippen molar-refractivity contribution < 1.29 is 4.74 Å². The summed E-state index contributed by atoms with van der Waals surface area (Å²) in [4.78, 5) is 2.63. The summed E-state index contributed by atoms with van der Waals surface area (Å²) in [5.41, 5.74) is 7.41. The third-order valence-corrected chi connectivity index (χ3v) is 4.52. The number of hydrogen-bond acceptors (Lipinski definition) is 3. The second-order valence-electron chi connectivity index (χ2n) is 5.67. The first-order valence-electron chi connectivity index (χ1n) is 7.90. The van der Waals surface area contributed by atoms with Gasteiger partial charge in [0.1, 0.15) is 5.75 Å². The molecule has 0 spiro atoms. The van der Waals surface area contributed by atoms with Crippen molar-refractivity contribution in [3.05, 3.63) is 29.8 Å². The maximum absolute atomic E-state index is 6.10. The molecule has 2 atom stereocenters. The van der Waals surface area contributed by atoms with E-state index in [0.717, 1.165) is 5.75 Å². The van der Waals surface area contributed by atoms with Gasteiger partial charge in [0.05, 0.1) is 7.11 Å². The van der Waals surface area contributed by atoms with Crippen molar-refractivity contribution in [1.82, 2.24) is 4.90 Å². The van der Waals surface area contributed by atoms with Gasteiger partial charge in [0, 0.05) is 18.6 Å². The Morgan fingerprint density at radius 2 is 2.00 bits per heavy atom. The van der Waals surface area contributed by atoms with Crippen LogP contribution in [-0.4, -0.2) is 31.1 Å². The van der Waals surface area contributed by atoms with E-state index in [1.807, 2.05) is 12.1 Å². The summed E-state index contributed by atoms with van der Waals surface area (Å²) in [7, 11) is 1.71. The van der Waals surface area contributed by atoms with E-state index < -0.39 is 0 Å². The van der Waals surface area contributed by atoms with Crippen LogP contribution in [0.15, 0.2) is 24.3 Å². The summed E-state index contributed by atoms with van der Waals surface area (Å²) in [6, 6.07) is 9.41. The van der Waals surface area contributed by atoms with Crippen LogP contribution in [0.1, 0.15) is 50.6 Å². The topological polar surface area (TPSA) is 38.5 Å². The predicted molar refractivity (Wildman–Crippen MR) is 84.0 cm³/mol. The van der Waals surface area contributed by atoms with E-state index in [4.69, 9.17) is 10.5 Å². The Morgan fingerprint density at radius 1 is 1.25 bits per heavy atom. The largest absolute Gasteiger partial charge is 0.497 e. The standard InChI is InChI=1S/C17H28N2O/c1-3-15-7-5-4-6-12-19(15)17(13-18)14-8-10-16(20-2)11-9-14/h8-11,15,17H,3-7,12-13,18H2,1-2H3. The highest BCUT2D eigenvalue weighted by atomic mass is 16.5. The molecule has 0 amide bonds. The third-order valence-electron chi connectivity index (χ3n) is 4.52. The third kappa shape index (κ3) is 3.53. The number of benzene rings is 1. The summed E-state index contributed by atoms with van der Waals surface area (Å²) in [6.07, 6.45) is 6.53. The Morgan fingerprint density at radius 3 is 2.60 bits per heavy atom. The number of nitrogens with zero attached hydrogens (tertiary/aromatic N) is 1. The van der Waals surface area contributed by atoms with Gasteiger partial charge in [-0.25, -0.2) is 0 Å². The first kappa shape index (κ1) is 15.3. The van der Waals surface area contributed by atoms with Crippen LogP contribution in [0.2, 0.25) is 0 Å². The zero-order chi connectivity index (χ0) is 14.4. The average Bonchev–Trinajstić information content (AvgIpc) is 2.74. The van der Waals surface area contributed by atoms with Gasteiger partial charge < -0.3 is 10.5 Å². The minimum Gasteiger partial charge on any atom is -0.497 e. The molecule has 0 saturated carbocycles. The van der Waals surface area contributed by atoms with E-state index >= 15 is 0 Å². The Hall–Kier alpha value is -1.06. The molecule has 2 rings (SSSR count). The number of nitrogens with two attached hydrogens (primary N) is 1. The van der Waals surface area contributed by atoms with Crippen LogP contribution in [0.25, 0.3) is 0 Å². The first-order valence-corrected chi connectivity index (χ1v) is 7.90. The molecule has 1 aromatic carbocycles. The lowest BCUT2D eigenvalue weighted by Gasteiger charge is -2.36. The van der Waals surface area contributed by atoms with Crippen LogP contribution >= 0.6 is 0 Å². The van der Waals surface area contributed by atoms with Gasteiger partial charge in [0.15, 0.2) is 0 Å². The zero-order valence-electron chi connectivity index (χ0n) is 12.8. The van der Waals surface area contributed by atoms with Gasteiger partial charge in [-0.1, -0.05) is 31.9 Å².